The van der Waals surface area contributed by atoms with Crippen LogP contribution in [0.15, 0.2) is 55.8 Å². The lowest BCUT2D eigenvalue weighted by Gasteiger charge is -2.17. The van der Waals surface area contributed by atoms with Gasteiger partial charge in [-0.1, -0.05) is 16.9 Å². The Morgan fingerprint density at radius 2 is 1.81 bits per heavy atom. The van der Waals surface area contributed by atoms with Crippen molar-refractivity contribution in [2.75, 3.05) is 19.0 Å². The first-order chi connectivity index (χ1) is 12.1. The second-order valence-corrected chi connectivity index (χ2v) is 8.01. The average Bonchev–Trinajstić information content (AvgIpc) is 2.58. The fourth-order valence-electron chi connectivity index (χ4n) is 2.78. The van der Waals surface area contributed by atoms with Crippen LogP contribution in [0.3, 0.4) is 0 Å². The van der Waals surface area contributed by atoms with Crippen LogP contribution in [0.1, 0.15) is 5.56 Å². The molecule has 2 aromatic carbocycles. The summed E-state index contributed by atoms with van der Waals surface area (Å²) in [7, 11) is -0.670. The van der Waals surface area contributed by atoms with Crippen LogP contribution in [0.4, 0.5) is 5.69 Å². The topological polar surface area (TPSA) is 112 Å². The normalized spacial score (nSPS) is 11.7. The smallest absolute Gasteiger partial charge is 0.362 e. The van der Waals surface area contributed by atoms with Crippen molar-refractivity contribution in [3.63, 3.8) is 0 Å². The van der Waals surface area contributed by atoms with Gasteiger partial charge in [0.05, 0.1) is 26.4 Å². The summed E-state index contributed by atoms with van der Waals surface area (Å²) in [5, 5.41) is 9.56. The van der Waals surface area contributed by atoms with E-state index in [4.69, 9.17) is 0 Å². The molecule has 0 amide bonds. The number of H-pyrrole nitrogens is 1. The molecule has 0 atom stereocenters. The van der Waals surface area contributed by atoms with Gasteiger partial charge < -0.3 is 15.1 Å². The molecule has 0 aliphatic rings. The summed E-state index contributed by atoms with van der Waals surface area (Å²) in [6, 6.07) is 9.13. The van der Waals surface area contributed by atoms with E-state index < -0.39 is 21.1 Å². The van der Waals surface area contributed by atoms with Gasteiger partial charge in [0, 0.05) is 14.1 Å². The van der Waals surface area contributed by atoms with E-state index in [2.05, 4.69) is 4.98 Å². The molecule has 26 heavy (non-hydrogen) atoms. The van der Waals surface area contributed by atoms with Gasteiger partial charge in [-0.2, -0.15) is 0 Å². The van der Waals surface area contributed by atoms with Crippen LogP contribution in [0.5, 0.6) is 0 Å². The molecule has 0 bridgehead atoms. The molecule has 8 nitrogen and oxygen atoms in total. The quantitative estimate of drug-likeness (QED) is 0.664. The molecule has 1 heterocycles. The van der Waals surface area contributed by atoms with E-state index in [1.165, 1.54) is 24.3 Å². The minimum absolute atomic E-state index is 0.0467. The predicted octanol–water partition coefficient (Wildman–Crippen LogP) is 1.13. The van der Waals surface area contributed by atoms with Crippen molar-refractivity contribution in [2.45, 2.75) is 16.7 Å². The van der Waals surface area contributed by atoms with E-state index in [1.54, 1.807) is 38.1 Å². The molecule has 0 radical (unpaired) electrons. The Balaban J connectivity index is 2.48. The van der Waals surface area contributed by atoms with Crippen LogP contribution in [0.25, 0.3) is 10.9 Å². The second kappa shape index (κ2) is 6.03. The van der Waals surface area contributed by atoms with Crippen molar-refractivity contribution in [3.8, 4) is 0 Å². The molecule has 3 rings (SSSR count). The maximum Gasteiger partial charge on any atom is 0.362 e. The monoisotopic (exact) mass is 375 g/mol. The Bertz CT molecular complexity index is 1240. The number of sulfone groups is 1. The van der Waals surface area contributed by atoms with Gasteiger partial charge >= 0.3 is 5.69 Å². The molecule has 1 aromatic heterocycles. The Hall–Kier alpha value is -3.07. The zero-order valence-corrected chi connectivity index (χ0v) is 15.2. The third kappa shape index (κ3) is 2.66. The van der Waals surface area contributed by atoms with Crippen LogP contribution in [0.2, 0.25) is 0 Å². The summed E-state index contributed by atoms with van der Waals surface area (Å²) in [6.45, 7) is 1.76. The third-order valence-corrected chi connectivity index (χ3v) is 5.84. The van der Waals surface area contributed by atoms with Crippen LogP contribution in [-0.4, -0.2) is 37.4 Å². The number of nitrogens with zero attached hydrogens (tertiary/aromatic N) is 2. The number of nitrogens with one attached hydrogen (secondary N) is 1. The summed E-state index contributed by atoms with van der Waals surface area (Å²) in [5.74, 6) is 0. The minimum atomic E-state index is -4.00. The highest BCUT2D eigenvalue weighted by molar-refractivity contribution is 7.91. The molecule has 0 fully saturated rings. The number of hydrogen-bond donors (Lipinski definition) is 2. The first-order valence-corrected chi connectivity index (χ1v) is 9.13. The first kappa shape index (κ1) is 17.7. The summed E-state index contributed by atoms with van der Waals surface area (Å²) >= 11 is 0. The highest BCUT2D eigenvalue weighted by Gasteiger charge is 2.25. The van der Waals surface area contributed by atoms with Crippen molar-refractivity contribution >= 4 is 26.4 Å². The van der Waals surface area contributed by atoms with E-state index in [0.717, 1.165) is 5.56 Å². The zero-order chi connectivity index (χ0) is 19.2. The molecular formula is C17H17N3O5S. The lowest BCUT2D eigenvalue weighted by atomic mass is 10.2. The van der Waals surface area contributed by atoms with Crippen LogP contribution in [-0.2, 0) is 9.84 Å². The second-order valence-electron chi connectivity index (χ2n) is 6.09. The number of aryl methyl sites for hydroxylation is 1. The van der Waals surface area contributed by atoms with Gasteiger partial charge in [0.15, 0.2) is 0 Å². The van der Waals surface area contributed by atoms with Crippen molar-refractivity contribution in [1.29, 1.82) is 0 Å². The Morgan fingerprint density at radius 1 is 1.12 bits per heavy atom. The number of anilines is 1. The van der Waals surface area contributed by atoms with Crippen LogP contribution >= 0.6 is 0 Å². The van der Waals surface area contributed by atoms with Gasteiger partial charge in [0.2, 0.25) is 9.84 Å². The Kier molecular flexibility index (Phi) is 4.11. The van der Waals surface area contributed by atoms with Gasteiger partial charge in [-0.15, -0.1) is 0 Å². The van der Waals surface area contributed by atoms with E-state index in [0.29, 0.717) is 5.69 Å². The van der Waals surface area contributed by atoms with Gasteiger partial charge in [-0.25, -0.2) is 13.2 Å². The van der Waals surface area contributed by atoms with Gasteiger partial charge in [0.25, 0.3) is 5.56 Å². The third-order valence-electron chi connectivity index (χ3n) is 4.05. The lowest BCUT2D eigenvalue weighted by molar-refractivity contribution is 0.162. The number of rotatable bonds is 3. The summed E-state index contributed by atoms with van der Waals surface area (Å²) in [5.41, 5.74) is -1.12. The highest BCUT2D eigenvalue weighted by Crippen LogP contribution is 2.30. The lowest BCUT2D eigenvalue weighted by Crippen LogP contribution is -2.34. The van der Waals surface area contributed by atoms with Crippen molar-refractivity contribution in [3.05, 3.63) is 62.8 Å². The number of fused-ring (bicyclic) bond motifs is 1. The molecule has 0 saturated carbocycles. The van der Waals surface area contributed by atoms with Crippen molar-refractivity contribution in [2.24, 2.45) is 0 Å². The van der Waals surface area contributed by atoms with E-state index in [-0.39, 0.29) is 25.4 Å². The molecule has 0 aliphatic carbocycles. The van der Waals surface area contributed by atoms with Crippen LogP contribution in [0, 0.1) is 6.92 Å². The molecule has 0 spiro atoms. The molecule has 9 heteroatoms. The standard InChI is InChI=1S/C17H17N3O5S/c1-10-5-4-6-11(9-10)26(24,25)13-8-7-12(19(2)3)14-15(13)18-17(22)20(23)16(14)21/h4-9,23H,1-3H3,(H,18,22). The van der Waals surface area contributed by atoms with E-state index >= 15 is 0 Å². The fraction of sp³-hybridized carbons (Fsp3) is 0.176. The molecule has 0 aliphatic heterocycles. The number of aromatic nitrogens is 2. The average molecular weight is 375 g/mol. The fourth-order valence-corrected chi connectivity index (χ4v) is 4.30. The molecule has 0 unspecified atom stereocenters. The highest BCUT2D eigenvalue weighted by atomic mass is 32.2. The molecule has 3 aromatic rings. The van der Waals surface area contributed by atoms with Crippen molar-refractivity contribution in [1.82, 2.24) is 9.71 Å². The summed E-state index contributed by atoms with van der Waals surface area (Å²) < 4.78 is 26.1. The number of aromatic amines is 1. The largest absolute Gasteiger partial charge is 0.421 e. The molecule has 2 N–H and O–H groups in total. The molecular weight excluding hydrogens is 358 g/mol. The van der Waals surface area contributed by atoms with E-state index in [1.807, 2.05) is 0 Å². The van der Waals surface area contributed by atoms with Gasteiger partial charge in [-0.05, 0) is 36.8 Å². The maximum atomic E-state index is 13.1. The number of benzene rings is 2. The Morgan fingerprint density at radius 3 is 2.42 bits per heavy atom. The summed E-state index contributed by atoms with van der Waals surface area (Å²) in [6.07, 6.45) is 0. The molecule has 0 saturated heterocycles. The summed E-state index contributed by atoms with van der Waals surface area (Å²) in [4.78, 5) is 28.0. The SMILES string of the molecule is Cc1cccc(S(=O)(=O)c2ccc(N(C)C)c3c(=O)n(O)c(=O)[nH]c23)c1. The van der Waals surface area contributed by atoms with Gasteiger partial charge in [0.1, 0.15) is 0 Å². The number of hydrogen-bond acceptors (Lipinski definition) is 6. The zero-order valence-electron chi connectivity index (χ0n) is 14.3. The van der Waals surface area contributed by atoms with E-state index in [9.17, 15) is 23.2 Å². The predicted molar refractivity (Wildman–Crippen MR) is 97.0 cm³/mol. The van der Waals surface area contributed by atoms with Crippen molar-refractivity contribution < 1.29 is 13.6 Å². The first-order valence-electron chi connectivity index (χ1n) is 7.65. The van der Waals surface area contributed by atoms with Crippen LogP contribution < -0.4 is 16.1 Å². The molecule has 136 valence electrons. The Labute approximate surface area is 148 Å². The minimum Gasteiger partial charge on any atom is -0.421 e. The maximum absolute atomic E-state index is 13.1. The van der Waals surface area contributed by atoms with Gasteiger partial charge in [-0.3, -0.25) is 4.79 Å².